The van der Waals surface area contributed by atoms with Crippen molar-refractivity contribution < 1.29 is 28.0 Å². The molecule has 188 valence electrons. The van der Waals surface area contributed by atoms with E-state index in [9.17, 15) is 14.0 Å². The molecule has 2 amide bonds. The van der Waals surface area contributed by atoms with E-state index in [1.165, 1.54) is 12.1 Å². The lowest BCUT2D eigenvalue weighted by molar-refractivity contribution is -0.136. The van der Waals surface area contributed by atoms with Gasteiger partial charge in [-0.3, -0.25) is 9.59 Å². The highest BCUT2D eigenvalue weighted by atomic mass is 19.1. The van der Waals surface area contributed by atoms with Gasteiger partial charge >= 0.3 is 0 Å². The smallest absolute Gasteiger partial charge is 0.228 e. The Morgan fingerprint density at radius 1 is 1.14 bits per heavy atom. The van der Waals surface area contributed by atoms with Gasteiger partial charge in [-0.05, 0) is 54.8 Å². The summed E-state index contributed by atoms with van der Waals surface area (Å²) in [7, 11) is 3.18. The quantitative estimate of drug-likeness (QED) is 0.501. The van der Waals surface area contributed by atoms with E-state index in [1.807, 2.05) is 18.2 Å². The molecule has 1 saturated heterocycles. The number of carbonyl (C=O) groups excluding carboxylic acids is 2. The third-order valence-electron chi connectivity index (χ3n) is 6.94. The number of benzene rings is 2. The summed E-state index contributed by atoms with van der Waals surface area (Å²) in [6.45, 7) is 1.81. The average molecular weight is 494 g/mol. The number of fused-ring (bicyclic) bond motifs is 1. The topological polar surface area (TPSA) is 85.1 Å². The number of hydrogen-bond donors (Lipinski definition) is 0. The number of nitrogens with zero attached hydrogens (tertiary/aromatic N) is 3. The van der Waals surface area contributed by atoms with Gasteiger partial charge in [0.25, 0.3) is 0 Å². The van der Waals surface area contributed by atoms with Crippen LogP contribution in [0.2, 0.25) is 0 Å². The lowest BCUT2D eigenvalue weighted by Gasteiger charge is -2.28. The highest BCUT2D eigenvalue weighted by Gasteiger charge is 2.38. The van der Waals surface area contributed by atoms with Crippen molar-refractivity contribution in [3.8, 4) is 22.8 Å². The van der Waals surface area contributed by atoms with Crippen molar-refractivity contribution in [2.45, 2.75) is 25.8 Å². The summed E-state index contributed by atoms with van der Waals surface area (Å²) in [6, 6.07) is 11.8. The van der Waals surface area contributed by atoms with E-state index in [0.29, 0.717) is 62.0 Å². The number of carbonyl (C=O) groups is 2. The van der Waals surface area contributed by atoms with Crippen molar-refractivity contribution >= 4 is 11.8 Å². The Labute approximate surface area is 208 Å². The standard InChI is InChI=1S/C27H28FN3O5/c1-34-23-8-3-17(13-24(23)35-2)9-11-30-15-19(14-25(30)32)27(33)31-12-10-21-22(16-31)29-36-26(21)18-4-6-20(28)7-5-18/h3-8,13,19H,9-12,14-16H2,1-2H3. The fourth-order valence-electron chi connectivity index (χ4n) is 4.96. The predicted octanol–water partition coefficient (Wildman–Crippen LogP) is 3.47. The fraction of sp³-hybridized carbons (Fsp3) is 0.370. The molecule has 1 fully saturated rings. The average Bonchev–Trinajstić information content (AvgIpc) is 3.50. The molecule has 1 atom stereocenters. The number of halogens is 1. The summed E-state index contributed by atoms with van der Waals surface area (Å²) in [6.07, 6.45) is 1.47. The molecule has 36 heavy (non-hydrogen) atoms. The zero-order valence-electron chi connectivity index (χ0n) is 20.3. The van der Waals surface area contributed by atoms with Crippen molar-refractivity contribution in [1.29, 1.82) is 0 Å². The van der Waals surface area contributed by atoms with Gasteiger partial charge in [0.05, 0.1) is 26.7 Å². The fourth-order valence-corrected chi connectivity index (χ4v) is 4.96. The number of hydrogen-bond acceptors (Lipinski definition) is 6. The van der Waals surface area contributed by atoms with Gasteiger partial charge in [-0.1, -0.05) is 11.2 Å². The van der Waals surface area contributed by atoms with Crippen LogP contribution >= 0.6 is 0 Å². The largest absolute Gasteiger partial charge is 0.493 e. The Hall–Kier alpha value is -3.88. The molecule has 5 rings (SSSR count). The van der Waals surface area contributed by atoms with Gasteiger partial charge in [0.1, 0.15) is 11.5 Å². The minimum absolute atomic E-state index is 0.00782. The molecule has 0 radical (unpaired) electrons. The Morgan fingerprint density at radius 3 is 2.67 bits per heavy atom. The van der Waals surface area contributed by atoms with Crippen LogP contribution in [0.4, 0.5) is 4.39 Å². The normalized spacial score (nSPS) is 17.3. The molecular formula is C27H28FN3O5. The number of ether oxygens (including phenoxy) is 2. The molecule has 0 spiro atoms. The van der Waals surface area contributed by atoms with E-state index in [0.717, 1.165) is 16.7 Å². The van der Waals surface area contributed by atoms with Gasteiger partial charge in [0, 0.05) is 37.2 Å². The Kier molecular flexibility index (Phi) is 6.63. The van der Waals surface area contributed by atoms with E-state index < -0.39 is 0 Å². The molecule has 0 bridgehead atoms. The molecule has 1 unspecified atom stereocenters. The maximum Gasteiger partial charge on any atom is 0.228 e. The molecule has 2 aliphatic heterocycles. The van der Waals surface area contributed by atoms with Crippen LogP contribution in [0, 0.1) is 11.7 Å². The van der Waals surface area contributed by atoms with Gasteiger partial charge in [0.2, 0.25) is 11.8 Å². The molecule has 3 heterocycles. The molecule has 1 aromatic heterocycles. The molecule has 2 aliphatic rings. The van der Waals surface area contributed by atoms with E-state index >= 15 is 0 Å². The number of methoxy groups -OCH3 is 2. The van der Waals surface area contributed by atoms with Gasteiger partial charge in [-0.15, -0.1) is 0 Å². The van der Waals surface area contributed by atoms with Crippen molar-refractivity contribution in [2.75, 3.05) is 33.9 Å². The second-order valence-electron chi connectivity index (χ2n) is 9.13. The van der Waals surface area contributed by atoms with Gasteiger partial charge < -0.3 is 23.8 Å². The summed E-state index contributed by atoms with van der Waals surface area (Å²) in [5.41, 5.74) is 3.45. The van der Waals surface area contributed by atoms with Gasteiger partial charge in [-0.2, -0.15) is 0 Å². The van der Waals surface area contributed by atoms with E-state index in [4.69, 9.17) is 14.0 Å². The molecule has 0 aliphatic carbocycles. The molecule has 3 aromatic rings. The molecular weight excluding hydrogens is 465 g/mol. The SMILES string of the molecule is COc1ccc(CCN2CC(C(=O)N3CCc4c(noc4-c4ccc(F)cc4)C3)CC2=O)cc1OC. The highest BCUT2D eigenvalue weighted by molar-refractivity contribution is 5.89. The minimum atomic E-state index is -0.368. The van der Waals surface area contributed by atoms with Crippen molar-refractivity contribution in [2.24, 2.45) is 5.92 Å². The zero-order valence-corrected chi connectivity index (χ0v) is 20.3. The highest BCUT2D eigenvalue weighted by Crippen LogP contribution is 2.32. The zero-order chi connectivity index (χ0) is 25.2. The molecule has 9 heteroatoms. The lowest BCUT2D eigenvalue weighted by Crippen LogP contribution is -2.40. The lowest BCUT2D eigenvalue weighted by atomic mass is 9.99. The Morgan fingerprint density at radius 2 is 1.92 bits per heavy atom. The van der Waals surface area contributed by atoms with Crippen LogP contribution in [-0.2, 0) is 29.0 Å². The third-order valence-corrected chi connectivity index (χ3v) is 6.94. The summed E-state index contributed by atoms with van der Waals surface area (Å²) >= 11 is 0. The van der Waals surface area contributed by atoms with Crippen molar-refractivity contribution in [3.05, 3.63) is 65.1 Å². The van der Waals surface area contributed by atoms with Crippen molar-refractivity contribution in [3.63, 3.8) is 0 Å². The number of aromatic nitrogens is 1. The Balaban J connectivity index is 1.19. The summed E-state index contributed by atoms with van der Waals surface area (Å²) in [4.78, 5) is 29.4. The van der Waals surface area contributed by atoms with Gasteiger partial charge in [-0.25, -0.2) is 4.39 Å². The minimum Gasteiger partial charge on any atom is -0.493 e. The molecule has 2 aromatic carbocycles. The molecule has 0 saturated carbocycles. The third kappa shape index (κ3) is 4.65. The number of likely N-dealkylation sites (tertiary alicyclic amines) is 1. The van der Waals surface area contributed by atoms with Crippen LogP contribution < -0.4 is 9.47 Å². The second kappa shape index (κ2) is 10.0. The maximum atomic E-state index is 13.3. The summed E-state index contributed by atoms with van der Waals surface area (Å²) in [5, 5.41) is 4.17. The van der Waals surface area contributed by atoms with Crippen LogP contribution in [0.5, 0.6) is 11.5 Å². The second-order valence-corrected chi connectivity index (χ2v) is 9.13. The molecule has 0 N–H and O–H groups in total. The van der Waals surface area contributed by atoms with E-state index in [2.05, 4.69) is 5.16 Å². The van der Waals surface area contributed by atoms with Crippen LogP contribution in [0.3, 0.4) is 0 Å². The van der Waals surface area contributed by atoms with Crippen molar-refractivity contribution in [1.82, 2.24) is 15.0 Å². The monoisotopic (exact) mass is 493 g/mol. The maximum absolute atomic E-state index is 13.3. The number of rotatable bonds is 7. The van der Waals surface area contributed by atoms with Crippen LogP contribution in [0.15, 0.2) is 47.0 Å². The van der Waals surface area contributed by atoms with E-state index in [1.54, 1.807) is 36.2 Å². The van der Waals surface area contributed by atoms with E-state index in [-0.39, 0.29) is 30.0 Å². The number of amides is 2. The Bertz CT molecular complexity index is 1270. The van der Waals surface area contributed by atoms with Crippen LogP contribution in [0.1, 0.15) is 23.2 Å². The first-order chi connectivity index (χ1) is 17.5. The first kappa shape index (κ1) is 23.8. The van der Waals surface area contributed by atoms with Crippen LogP contribution in [-0.4, -0.2) is 60.6 Å². The summed E-state index contributed by atoms with van der Waals surface area (Å²) in [5.74, 6) is 1.21. The molecule has 8 nitrogen and oxygen atoms in total. The predicted molar refractivity (Wildman–Crippen MR) is 129 cm³/mol. The first-order valence-corrected chi connectivity index (χ1v) is 12.0. The van der Waals surface area contributed by atoms with Gasteiger partial charge in [0.15, 0.2) is 17.3 Å². The summed E-state index contributed by atoms with van der Waals surface area (Å²) < 4.78 is 29.5. The first-order valence-electron chi connectivity index (χ1n) is 12.0. The van der Waals surface area contributed by atoms with Crippen LogP contribution in [0.25, 0.3) is 11.3 Å².